The van der Waals surface area contributed by atoms with Crippen molar-refractivity contribution in [1.82, 2.24) is 0 Å². The third-order valence-corrected chi connectivity index (χ3v) is 1.60. The van der Waals surface area contributed by atoms with Gasteiger partial charge < -0.3 is 9.47 Å². The second-order valence-corrected chi connectivity index (χ2v) is 2.91. The van der Waals surface area contributed by atoms with Gasteiger partial charge in [-0.3, -0.25) is 0 Å². The summed E-state index contributed by atoms with van der Waals surface area (Å²) in [6, 6.07) is 0. The van der Waals surface area contributed by atoms with Gasteiger partial charge in [-0.2, -0.15) is 0 Å². The molecule has 3 heteroatoms. The second kappa shape index (κ2) is 19.8. The number of ether oxygens (including phenoxy) is 2. The predicted octanol–water partition coefficient (Wildman–Crippen LogP) is 2.32. The van der Waals surface area contributed by atoms with Gasteiger partial charge in [-0.15, -0.1) is 0 Å². The SMILES string of the molecule is COCCOC.[CH]1[CH][CH][CH][CH]1.[CH]1[CH][CH][CH][CH]1.[Yb+2]. The zero-order valence-corrected chi connectivity index (χ0v) is 12.0. The molecule has 2 nitrogen and oxygen atoms in total. The van der Waals surface area contributed by atoms with Crippen molar-refractivity contribution in [1.29, 1.82) is 0 Å². The molecule has 0 heterocycles. The first kappa shape index (κ1) is 20.8. The molecule has 0 spiro atoms. The Morgan fingerprint density at radius 3 is 0.824 bits per heavy atom. The van der Waals surface area contributed by atoms with E-state index in [9.17, 15) is 0 Å². The Balaban J connectivity index is 0. The molecule has 0 aromatic carbocycles. The van der Waals surface area contributed by atoms with Crippen LogP contribution < -0.4 is 0 Å². The molecule has 0 bridgehead atoms. The van der Waals surface area contributed by atoms with Crippen LogP contribution in [0.4, 0.5) is 0 Å². The second-order valence-electron chi connectivity index (χ2n) is 2.91. The molecule has 100 valence electrons. The maximum absolute atomic E-state index is 4.66. The van der Waals surface area contributed by atoms with Crippen LogP contribution in [0.25, 0.3) is 0 Å². The van der Waals surface area contributed by atoms with Gasteiger partial charge in [-0.05, 0) is 64.2 Å². The summed E-state index contributed by atoms with van der Waals surface area (Å²) >= 11 is 0. The molecule has 0 amide bonds. The van der Waals surface area contributed by atoms with Gasteiger partial charge in [0.15, 0.2) is 0 Å². The normalized spacial score (nSPS) is 17.3. The fourth-order valence-electron chi connectivity index (χ4n) is 0.808. The number of methoxy groups -OCH3 is 2. The Labute approximate surface area is 146 Å². The van der Waals surface area contributed by atoms with E-state index in [1.807, 2.05) is 64.2 Å². The molecule has 0 aliphatic heterocycles. The fourth-order valence-corrected chi connectivity index (χ4v) is 0.808. The van der Waals surface area contributed by atoms with Gasteiger partial charge in [0.1, 0.15) is 0 Å². The van der Waals surface area contributed by atoms with Crippen molar-refractivity contribution < 1.29 is 56.4 Å². The molecule has 2 aliphatic rings. The van der Waals surface area contributed by atoms with E-state index in [4.69, 9.17) is 0 Å². The molecular weight excluding hydrogens is 373 g/mol. The molecule has 2 aliphatic carbocycles. The van der Waals surface area contributed by atoms with Crippen LogP contribution in [0.15, 0.2) is 0 Å². The largest absolute Gasteiger partial charge is 2.00 e. The Hall–Kier alpha value is 1.44. The fraction of sp³-hybridized carbons (Fsp3) is 0.286. The summed E-state index contributed by atoms with van der Waals surface area (Å²) in [5.41, 5.74) is 0. The van der Waals surface area contributed by atoms with Gasteiger partial charge in [-0.25, -0.2) is 0 Å². The van der Waals surface area contributed by atoms with E-state index in [1.54, 1.807) is 14.2 Å². The van der Waals surface area contributed by atoms with Crippen molar-refractivity contribution in [3.05, 3.63) is 64.2 Å². The van der Waals surface area contributed by atoms with Crippen molar-refractivity contribution in [3.8, 4) is 0 Å². The van der Waals surface area contributed by atoms with Crippen LogP contribution in [0.5, 0.6) is 0 Å². The summed E-state index contributed by atoms with van der Waals surface area (Å²) in [6.07, 6.45) is 20.0. The van der Waals surface area contributed by atoms with Crippen molar-refractivity contribution in [2.24, 2.45) is 0 Å². The topological polar surface area (TPSA) is 18.5 Å². The molecule has 0 atom stereocenters. The molecule has 0 aromatic heterocycles. The predicted molar refractivity (Wildman–Crippen MR) is 66.8 cm³/mol. The van der Waals surface area contributed by atoms with Crippen LogP contribution >= 0.6 is 0 Å². The Bertz CT molecular complexity index is 83.6. The minimum atomic E-state index is 0. The van der Waals surface area contributed by atoms with E-state index in [-0.39, 0.29) is 46.9 Å². The first-order chi connectivity index (χ1) is 7.91. The Morgan fingerprint density at radius 1 is 0.529 bits per heavy atom. The van der Waals surface area contributed by atoms with E-state index in [0.29, 0.717) is 13.2 Å². The van der Waals surface area contributed by atoms with Gasteiger partial charge in [0, 0.05) is 14.2 Å². The molecule has 2 saturated carbocycles. The van der Waals surface area contributed by atoms with Crippen LogP contribution in [0, 0.1) is 111 Å². The average Bonchev–Trinajstić information content (AvgIpc) is 3.00. The van der Waals surface area contributed by atoms with Crippen molar-refractivity contribution >= 4 is 0 Å². The first-order valence-electron chi connectivity index (χ1n) is 5.23. The van der Waals surface area contributed by atoms with E-state index in [0.717, 1.165) is 0 Å². The summed E-state index contributed by atoms with van der Waals surface area (Å²) < 4.78 is 9.31. The van der Waals surface area contributed by atoms with E-state index in [2.05, 4.69) is 9.47 Å². The van der Waals surface area contributed by atoms with E-state index >= 15 is 0 Å². The van der Waals surface area contributed by atoms with Crippen LogP contribution in [0.3, 0.4) is 0 Å². The molecule has 0 aromatic rings. The van der Waals surface area contributed by atoms with Crippen LogP contribution in [-0.4, -0.2) is 27.4 Å². The molecule has 0 unspecified atom stereocenters. The molecule has 0 saturated heterocycles. The standard InChI is InChI=1S/2C5H5.C4H10O2.Yb/c2*1-2-4-5-3-1;1-5-3-4-6-2;/h2*1-5H;3-4H2,1-2H3;/q;;;+2. The molecule has 2 fully saturated rings. The maximum atomic E-state index is 4.66. The van der Waals surface area contributed by atoms with E-state index < -0.39 is 0 Å². The van der Waals surface area contributed by atoms with E-state index in [1.165, 1.54) is 0 Å². The monoisotopic (exact) mass is 394 g/mol. The molecule has 17 heavy (non-hydrogen) atoms. The third kappa shape index (κ3) is 19.9. The third-order valence-electron chi connectivity index (χ3n) is 1.60. The van der Waals surface area contributed by atoms with Gasteiger partial charge in [0.05, 0.1) is 13.2 Å². The molecular formula is C14H20O2Yb+2. The number of hydrogen-bond acceptors (Lipinski definition) is 2. The molecule has 2 rings (SSSR count). The van der Waals surface area contributed by atoms with Crippen LogP contribution in [0.2, 0.25) is 0 Å². The van der Waals surface area contributed by atoms with Crippen LogP contribution in [0.1, 0.15) is 0 Å². The Morgan fingerprint density at radius 2 is 0.706 bits per heavy atom. The summed E-state index contributed by atoms with van der Waals surface area (Å²) in [6.45, 7) is 1.38. The Kier molecular flexibility index (Phi) is 24.1. The minimum absolute atomic E-state index is 0. The smallest absolute Gasteiger partial charge is 0.382 e. The summed E-state index contributed by atoms with van der Waals surface area (Å²) in [4.78, 5) is 0. The average molecular weight is 393 g/mol. The van der Waals surface area contributed by atoms with Crippen molar-refractivity contribution in [2.45, 2.75) is 0 Å². The van der Waals surface area contributed by atoms with Gasteiger partial charge in [-0.1, -0.05) is 0 Å². The van der Waals surface area contributed by atoms with Crippen molar-refractivity contribution in [3.63, 3.8) is 0 Å². The summed E-state index contributed by atoms with van der Waals surface area (Å²) in [5, 5.41) is 0. The zero-order chi connectivity index (χ0) is 11.9. The van der Waals surface area contributed by atoms with Gasteiger partial charge >= 0.3 is 46.9 Å². The molecule has 0 N–H and O–H groups in total. The quantitative estimate of drug-likeness (QED) is 0.686. The van der Waals surface area contributed by atoms with Gasteiger partial charge in [0.2, 0.25) is 0 Å². The molecule has 10 radical (unpaired) electrons. The number of hydrogen-bond donors (Lipinski definition) is 0. The number of rotatable bonds is 3. The maximum Gasteiger partial charge on any atom is 2.00 e. The van der Waals surface area contributed by atoms with Crippen molar-refractivity contribution in [2.75, 3.05) is 27.4 Å². The van der Waals surface area contributed by atoms with Gasteiger partial charge in [0.25, 0.3) is 0 Å². The minimum Gasteiger partial charge on any atom is -0.382 e. The summed E-state index contributed by atoms with van der Waals surface area (Å²) in [5.74, 6) is 0. The van der Waals surface area contributed by atoms with Crippen LogP contribution in [-0.2, 0) is 9.47 Å². The first-order valence-corrected chi connectivity index (χ1v) is 5.23. The zero-order valence-electron chi connectivity index (χ0n) is 10.3. The summed E-state index contributed by atoms with van der Waals surface area (Å²) in [7, 11) is 3.30.